The van der Waals surface area contributed by atoms with E-state index in [0.717, 1.165) is 41.7 Å². The normalized spacial score (nSPS) is 13.8. The second-order valence-electron chi connectivity index (χ2n) is 6.19. The van der Waals surface area contributed by atoms with E-state index in [1.165, 1.54) is 18.7 Å². The molecule has 5 nitrogen and oxygen atoms in total. The van der Waals surface area contributed by atoms with Gasteiger partial charge in [0.15, 0.2) is 5.96 Å². The van der Waals surface area contributed by atoms with Crippen molar-refractivity contribution in [1.82, 2.24) is 19.8 Å². The number of benzene rings is 1. The number of halogens is 2. The van der Waals surface area contributed by atoms with Crippen molar-refractivity contribution in [2.45, 2.75) is 38.9 Å². The zero-order valence-corrected chi connectivity index (χ0v) is 17.8. The van der Waals surface area contributed by atoms with Crippen LogP contribution in [0, 0.1) is 0 Å². The van der Waals surface area contributed by atoms with Gasteiger partial charge in [-0.3, -0.25) is 4.99 Å². The maximum Gasteiger partial charge on any atom is 0.194 e. The zero-order valence-electron chi connectivity index (χ0n) is 14.7. The van der Waals surface area contributed by atoms with Gasteiger partial charge >= 0.3 is 0 Å². The SMILES string of the molecule is CN=C(NCc1cn2c(n1)CCCC2)N(C)Cc1cccc(Cl)c1.I. The molecular weight excluding hydrogens is 449 g/mol. The summed E-state index contributed by atoms with van der Waals surface area (Å²) in [5.41, 5.74) is 2.23. The fourth-order valence-corrected chi connectivity index (χ4v) is 3.31. The molecule has 2 heterocycles. The lowest BCUT2D eigenvalue weighted by Crippen LogP contribution is -2.38. The van der Waals surface area contributed by atoms with Crippen molar-refractivity contribution in [2.24, 2.45) is 4.99 Å². The van der Waals surface area contributed by atoms with Crippen LogP contribution in [0.1, 0.15) is 29.9 Å². The molecule has 2 aromatic rings. The molecule has 7 heteroatoms. The Balaban J connectivity index is 0.00000225. The van der Waals surface area contributed by atoms with E-state index >= 15 is 0 Å². The van der Waals surface area contributed by atoms with Crippen molar-refractivity contribution >= 4 is 41.5 Å². The fraction of sp³-hybridized carbons (Fsp3) is 0.444. The molecule has 0 fully saturated rings. The second kappa shape index (κ2) is 9.43. The minimum absolute atomic E-state index is 0. The Hall–Kier alpha value is -1.28. The molecule has 1 aliphatic rings. The number of aliphatic imine (C=N–C) groups is 1. The Morgan fingerprint density at radius 2 is 2.24 bits per heavy atom. The van der Waals surface area contributed by atoms with Gasteiger partial charge in [0.25, 0.3) is 0 Å². The third kappa shape index (κ3) is 5.34. The minimum atomic E-state index is 0. The Bertz CT molecular complexity index is 705. The summed E-state index contributed by atoms with van der Waals surface area (Å²) in [6.45, 7) is 2.53. The number of guanidine groups is 1. The first-order valence-corrected chi connectivity index (χ1v) is 8.74. The first-order valence-electron chi connectivity index (χ1n) is 8.37. The maximum atomic E-state index is 6.06. The highest BCUT2D eigenvalue weighted by molar-refractivity contribution is 14.0. The Labute approximate surface area is 171 Å². The molecule has 1 aromatic heterocycles. The van der Waals surface area contributed by atoms with Crippen LogP contribution >= 0.6 is 35.6 Å². The van der Waals surface area contributed by atoms with Crippen LogP contribution in [0.4, 0.5) is 0 Å². The van der Waals surface area contributed by atoms with Crippen LogP contribution in [-0.4, -0.2) is 34.5 Å². The van der Waals surface area contributed by atoms with E-state index in [-0.39, 0.29) is 24.0 Å². The molecule has 0 atom stereocenters. The predicted molar refractivity (Wildman–Crippen MR) is 114 cm³/mol. The monoisotopic (exact) mass is 473 g/mol. The van der Waals surface area contributed by atoms with Crippen LogP contribution in [0.15, 0.2) is 35.5 Å². The number of imidazole rings is 1. The van der Waals surface area contributed by atoms with Crippen molar-refractivity contribution in [1.29, 1.82) is 0 Å². The van der Waals surface area contributed by atoms with Gasteiger partial charge in [-0.25, -0.2) is 4.98 Å². The van der Waals surface area contributed by atoms with Gasteiger partial charge in [0.1, 0.15) is 5.82 Å². The fourth-order valence-electron chi connectivity index (χ4n) is 3.10. The number of aryl methyl sites for hydroxylation is 2. The highest BCUT2D eigenvalue weighted by Gasteiger charge is 2.13. The lowest BCUT2D eigenvalue weighted by molar-refractivity contribution is 0.476. The van der Waals surface area contributed by atoms with Crippen molar-refractivity contribution < 1.29 is 0 Å². The predicted octanol–water partition coefficient (Wildman–Crippen LogP) is 3.70. The summed E-state index contributed by atoms with van der Waals surface area (Å²) in [6, 6.07) is 7.91. The Morgan fingerprint density at radius 3 is 2.96 bits per heavy atom. The van der Waals surface area contributed by atoms with Crippen LogP contribution in [0.5, 0.6) is 0 Å². The maximum absolute atomic E-state index is 6.06. The Morgan fingerprint density at radius 1 is 1.40 bits per heavy atom. The van der Waals surface area contributed by atoms with Gasteiger partial charge in [-0.15, -0.1) is 24.0 Å². The van der Waals surface area contributed by atoms with Crippen LogP contribution in [0.25, 0.3) is 0 Å². The third-order valence-electron chi connectivity index (χ3n) is 4.27. The largest absolute Gasteiger partial charge is 0.351 e. The molecule has 0 saturated carbocycles. The van der Waals surface area contributed by atoms with E-state index in [0.29, 0.717) is 6.54 Å². The van der Waals surface area contributed by atoms with Gasteiger partial charge in [-0.05, 0) is 30.5 Å². The number of hydrogen-bond donors (Lipinski definition) is 1. The van der Waals surface area contributed by atoms with Gasteiger partial charge < -0.3 is 14.8 Å². The van der Waals surface area contributed by atoms with E-state index in [1.54, 1.807) is 7.05 Å². The summed E-state index contributed by atoms with van der Waals surface area (Å²) in [7, 11) is 3.82. The summed E-state index contributed by atoms with van der Waals surface area (Å²) in [5, 5.41) is 4.15. The third-order valence-corrected chi connectivity index (χ3v) is 4.50. The Kier molecular flexibility index (Phi) is 7.56. The molecule has 3 rings (SSSR count). The smallest absolute Gasteiger partial charge is 0.194 e. The molecule has 1 N–H and O–H groups in total. The van der Waals surface area contributed by atoms with Crippen molar-refractivity contribution in [3.05, 3.63) is 52.6 Å². The van der Waals surface area contributed by atoms with Gasteiger partial charge in [-0.2, -0.15) is 0 Å². The summed E-state index contributed by atoms with van der Waals surface area (Å²) in [4.78, 5) is 11.2. The van der Waals surface area contributed by atoms with Gasteiger partial charge in [-0.1, -0.05) is 23.7 Å². The average molecular weight is 474 g/mol. The van der Waals surface area contributed by atoms with Crippen LogP contribution in [0.2, 0.25) is 5.02 Å². The first-order chi connectivity index (χ1) is 11.7. The number of rotatable bonds is 4. The molecular formula is C18H25ClIN5. The van der Waals surface area contributed by atoms with E-state index in [1.807, 2.05) is 25.2 Å². The van der Waals surface area contributed by atoms with Crippen LogP contribution in [-0.2, 0) is 26.1 Å². The number of aromatic nitrogens is 2. The van der Waals surface area contributed by atoms with E-state index in [9.17, 15) is 0 Å². The van der Waals surface area contributed by atoms with E-state index in [4.69, 9.17) is 16.6 Å². The molecule has 1 aliphatic heterocycles. The molecule has 0 radical (unpaired) electrons. The topological polar surface area (TPSA) is 45.5 Å². The molecule has 0 unspecified atom stereocenters. The molecule has 0 saturated heterocycles. The first kappa shape index (κ1) is 20.0. The van der Waals surface area contributed by atoms with Crippen molar-refractivity contribution in [2.75, 3.05) is 14.1 Å². The average Bonchev–Trinajstić information content (AvgIpc) is 2.98. The summed E-state index contributed by atoms with van der Waals surface area (Å²) in [5.74, 6) is 2.06. The summed E-state index contributed by atoms with van der Waals surface area (Å²) < 4.78 is 2.28. The standard InChI is InChI=1S/C18H24ClN5.HI/c1-20-18(23(2)12-14-6-5-7-15(19)10-14)21-11-16-13-24-9-4-3-8-17(24)22-16;/h5-7,10,13H,3-4,8-9,11-12H2,1-2H3,(H,20,21);1H. The highest BCUT2D eigenvalue weighted by Crippen LogP contribution is 2.15. The lowest BCUT2D eigenvalue weighted by atomic mass is 10.2. The molecule has 0 spiro atoms. The van der Waals surface area contributed by atoms with Gasteiger partial charge in [0.2, 0.25) is 0 Å². The van der Waals surface area contributed by atoms with Crippen molar-refractivity contribution in [3.8, 4) is 0 Å². The summed E-state index contributed by atoms with van der Waals surface area (Å²) >= 11 is 6.06. The number of nitrogens with zero attached hydrogens (tertiary/aromatic N) is 4. The number of fused-ring (bicyclic) bond motifs is 1. The molecule has 25 heavy (non-hydrogen) atoms. The molecule has 0 bridgehead atoms. The van der Waals surface area contributed by atoms with E-state index < -0.39 is 0 Å². The minimum Gasteiger partial charge on any atom is -0.351 e. The van der Waals surface area contributed by atoms with Gasteiger partial charge in [0.05, 0.1) is 12.2 Å². The quantitative estimate of drug-likeness (QED) is 0.418. The van der Waals surface area contributed by atoms with Crippen molar-refractivity contribution in [3.63, 3.8) is 0 Å². The molecule has 1 aromatic carbocycles. The lowest BCUT2D eigenvalue weighted by Gasteiger charge is -2.22. The van der Waals surface area contributed by atoms with Gasteiger partial charge in [0, 0.05) is 44.8 Å². The van der Waals surface area contributed by atoms with Crippen LogP contribution < -0.4 is 5.32 Å². The zero-order chi connectivity index (χ0) is 16.9. The second-order valence-corrected chi connectivity index (χ2v) is 6.62. The van der Waals surface area contributed by atoms with Crippen LogP contribution in [0.3, 0.4) is 0 Å². The number of hydrogen-bond acceptors (Lipinski definition) is 2. The summed E-state index contributed by atoms with van der Waals surface area (Å²) in [6.07, 6.45) is 5.74. The molecule has 136 valence electrons. The molecule has 0 aliphatic carbocycles. The highest BCUT2D eigenvalue weighted by atomic mass is 127. The molecule has 0 amide bonds. The van der Waals surface area contributed by atoms with E-state index in [2.05, 4.69) is 32.0 Å². The number of nitrogens with one attached hydrogen (secondary N) is 1.